The van der Waals surface area contributed by atoms with Crippen molar-refractivity contribution in [1.29, 1.82) is 0 Å². The van der Waals surface area contributed by atoms with E-state index in [4.69, 9.17) is 5.11 Å². The first-order valence-corrected chi connectivity index (χ1v) is 9.41. The fourth-order valence-corrected chi connectivity index (χ4v) is 4.64. The second kappa shape index (κ2) is 6.63. The summed E-state index contributed by atoms with van der Waals surface area (Å²) in [7, 11) is 0. The number of aromatic nitrogens is 1. The number of rotatable bonds is 3. The van der Waals surface area contributed by atoms with E-state index in [1.807, 2.05) is 30.3 Å². The van der Waals surface area contributed by atoms with E-state index >= 15 is 0 Å². The molecule has 27 heavy (non-hydrogen) atoms. The maximum Gasteiger partial charge on any atom is 0.391 e. The van der Waals surface area contributed by atoms with Gasteiger partial charge in [-0.25, -0.2) is 14.8 Å². The average molecular weight is 395 g/mol. The molecule has 9 heteroatoms. The minimum atomic E-state index is -4.25. The second-order valence-corrected chi connectivity index (χ2v) is 7.58. The molecule has 1 aliphatic heterocycles. The lowest BCUT2D eigenvalue weighted by atomic mass is 9.75. The molecular weight excluding hydrogens is 379 g/mol. The Kier molecular flexibility index (Phi) is 4.41. The van der Waals surface area contributed by atoms with Gasteiger partial charge in [0, 0.05) is 11.3 Å². The number of carboxylic acids is 1. The van der Waals surface area contributed by atoms with Gasteiger partial charge >= 0.3 is 12.1 Å². The zero-order valence-electron chi connectivity index (χ0n) is 14.1. The van der Waals surface area contributed by atoms with Gasteiger partial charge in [-0.05, 0) is 24.8 Å². The van der Waals surface area contributed by atoms with Crippen molar-refractivity contribution in [3.8, 4) is 0 Å². The molecule has 2 heterocycles. The van der Waals surface area contributed by atoms with E-state index in [2.05, 4.69) is 10.1 Å². The highest BCUT2D eigenvalue weighted by molar-refractivity contribution is 7.13. The van der Waals surface area contributed by atoms with Crippen molar-refractivity contribution in [2.45, 2.75) is 31.5 Å². The number of aromatic carboxylic acids is 1. The summed E-state index contributed by atoms with van der Waals surface area (Å²) in [4.78, 5) is 15.2. The fourth-order valence-electron chi connectivity index (χ4n) is 3.83. The molecule has 2 aromatic rings. The van der Waals surface area contributed by atoms with Gasteiger partial charge in [-0.2, -0.15) is 18.3 Å². The summed E-state index contributed by atoms with van der Waals surface area (Å²) in [5.74, 6) is -2.69. The first kappa shape index (κ1) is 18.0. The Morgan fingerprint density at radius 2 is 1.96 bits per heavy atom. The van der Waals surface area contributed by atoms with E-state index in [1.54, 1.807) is 0 Å². The van der Waals surface area contributed by atoms with E-state index in [0.717, 1.165) is 22.6 Å². The number of alkyl halides is 3. The number of benzene rings is 1. The van der Waals surface area contributed by atoms with Crippen molar-refractivity contribution in [1.82, 2.24) is 4.98 Å². The Morgan fingerprint density at radius 3 is 2.59 bits per heavy atom. The molecule has 4 rings (SSSR count). The maximum atomic E-state index is 13.3. The third-order valence-corrected chi connectivity index (χ3v) is 5.97. The summed E-state index contributed by atoms with van der Waals surface area (Å²) in [6.45, 7) is 0. The summed E-state index contributed by atoms with van der Waals surface area (Å²) in [6, 6.07) is 8.90. The van der Waals surface area contributed by atoms with Crippen LogP contribution in [0.25, 0.3) is 0 Å². The Hall–Kier alpha value is -2.42. The zero-order valence-corrected chi connectivity index (χ0v) is 14.9. The van der Waals surface area contributed by atoms with Crippen LogP contribution in [0.3, 0.4) is 0 Å². The molecule has 1 fully saturated rings. The van der Waals surface area contributed by atoms with Crippen molar-refractivity contribution >= 4 is 28.1 Å². The average Bonchev–Trinajstić information content (AvgIpc) is 3.26. The van der Waals surface area contributed by atoms with E-state index < -0.39 is 24.1 Å². The van der Waals surface area contributed by atoms with Gasteiger partial charge in [0.05, 0.1) is 17.7 Å². The molecule has 1 N–H and O–H groups in total. The predicted molar refractivity (Wildman–Crippen MR) is 95.2 cm³/mol. The van der Waals surface area contributed by atoms with Crippen molar-refractivity contribution in [3.05, 3.63) is 47.0 Å². The molecule has 3 unspecified atom stereocenters. The van der Waals surface area contributed by atoms with Gasteiger partial charge in [-0.3, -0.25) is 0 Å². The summed E-state index contributed by atoms with van der Waals surface area (Å²) in [5, 5.41) is 16.9. The topological polar surface area (TPSA) is 65.8 Å². The minimum absolute atomic E-state index is 0.0720. The SMILES string of the molecule is O=C(O)c1csc(N2N=C(c3ccccc3)C3CCC(C(F)(F)F)CC32)n1. The number of hydrazone groups is 1. The molecule has 0 saturated heterocycles. The van der Waals surface area contributed by atoms with Gasteiger partial charge in [0.2, 0.25) is 5.13 Å². The number of fused-ring (bicyclic) bond motifs is 1. The van der Waals surface area contributed by atoms with Gasteiger partial charge in [0.25, 0.3) is 0 Å². The van der Waals surface area contributed by atoms with Crippen molar-refractivity contribution in [3.63, 3.8) is 0 Å². The van der Waals surface area contributed by atoms with E-state index in [1.165, 1.54) is 10.4 Å². The standard InChI is InChI=1S/C18H16F3N3O2S/c19-18(20,21)11-6-7-12-14(8-11)24(17-22-13(9-27-17)16(25)26)23-15(12)10-4-2-1-3-5-10/h1-5,9,11-12,14H,6-8H2,(H,25,26). The van der Waals surface area contributed by atoms with Crippen LogP contribution in [0.1, 0.15) is 35.3 Å². The quantitative estimate of drug-likeness (QED) is 0.836. The van der Waals surface area contributed by atoms with Gasteiger partial charge in [-0.15, -0.1) is 11.3 Å². The highest BCUT2D eigenvalue weighted by atomic mass is 32.1. The summed E-state index contributed by atoms with van der Waals surface area (Å²) in [5.41, 5.74) is 1.49. The number of nitrogens with zero attached hydrogens (tertiary/aromatic N) is 3. The molecule has 2 aliphatic rings. The normalized spacial score (nSPS) is 25.2. The van der Waals surface area contributed by atoms with Gasteiger partial charge in [0.15, 0.2) is 5.69 Å². The molecule has 0 bridgehead atoms. The van der Waals surface area contributed by atoms with Gasteiger partial charge in [0.1, 0.15) is 0 Å². The van der Waals surface area contributed by atoms with Crippen LogP contribution in [0.2, 0.25) is 0 Å². The van der Waals surface area contributed by atoms with E-state index in [9.17, 15) is 18.0 Å². The first-order chi connectivity index (χ1) is 12.8. The molecule has 3 atom stereocenters. The smallest absolute Gasteiger partial charge is 0.391 e. The molecular formula is C18H16F3N3O2S. The summed E-state index contributed by atoms with van der Waals surface area (Å²) < 4.78 is 39.9. The van der Waals surface area contributed by atoms with Crippen LogP contribution in [0, 0.1) is 11.8 Å². The Bertz CT molecular complexity index is 881. The molecule has 1 aromatic heterocycles. The van der Waals surface area contributed by atoms with Crippen LogP contribution in [0.4, 0.5) is 18.3 Å². The highest BCUT2D eigenvalue weighted by Gasteiger charge is 2.50. The Labute approximate surface area is 157 Å². The fraction of sp³-hybridized carbons (Fsp3) is 0.389. The molecule has 142 valence electrons. The van der Waals surface area contributed by atoms with Crippen LogP contribution in [-0.2, 0) is 0 Å². The maximum absolute atomic E-state index is 13.3. The summed E-state index contributed by atoms with van der Waals surface area (Å²) in [6.07, 6.45) is -3.87. The van der Waals surface area contributed by atoms with Crippen molar-refractivity contribution < 1.29 is 23.1 Å². The molecule has 1 aromatic carbocycles. The molecule has 5 nitrogen and oxygen atoms in total. The zero-order chi connectivity index (χ0) is 19.2. The monoisotopic (exact) mass is 395 g/mol. The number of thiazole rings is 1. The van der Waals surface area contributed by atoms with Crippen molar-refractivity contribution in [2.24, 2.45) is 16.9 Å². The lowest BCUT2D eigenvalue weighted by Gasteiger charge is -2.35. The molecule has 1 aliphatic carbocycles. The Balaban J connectivity index is 1.71. The molecule has 1 saturated carbocycles. The Morgan fingerprint density at radius 1 is 1.22 bits per heavy atom. The largest absolute Gasteiger partial charge is 0.476 e. The second-order valence-electron chi connectivity index (χ2n) is 6.74. The minimum Gasteiger partial charge on any atom is -0.476 e. The number of hydrogen-bond acceptors (Lipinski definition) is 5. The number of carbonyl (C=O) groups is 1. The first-order valence-electron chi connectivity index (χ1n) is 8.53. The van der Waals surface area contributed by atoms with Crippen LogP contribution in [0.5, 0.6) is 0 Å². The highest BCUT2D eigenvalue weighted by Crippen LogP contribution is 2.46. The molecule has 0 spiro atoms. The third-order valence-electron chi connectivity index (χ3n) is 5.14. The van der Waals surface area contributed by atoms with Crippen LogP contribution < -0.4 is 5.01 Å². The lowest BCUT2D eigenvalue weighted by Crippen LogP contribution is -2.42. The predicted octanol–water partition coefficient (Wildman–Crippen LogP) is 4.41. The molecule has 0 radical (unpaired) electrons. The molecule has 0 amide bonds. The third kappa shape index (κ3) is 3.31. The number of halogens is 3. The summed E-state index contributed by atoms with van der Waals surface area (Å²) >= 11 is 1.08. The number of carboxylic acid groups (broad SMARTS) is 1. The van der Waals surface area contributed by atoms with Gasteiger partial charge in [-0.1, -0.05) is 30.3 Å². The van der Waals surface area contributed by atoms with Gasteiger partial charge < -0.3 is 5.11 Å². The van der Waals surface area contributed by atoms with Crippen LogP contribution in [0.15, 0.2) is 40.8 Å². The van der Waals surface area contributed by atoms with Crippen molar-refractivity contribution in [2.75, 3.05) is 5.01 Å². The number of hydrogen-bond donors (Lipinski definition) is 1. The number of anilines is 1. The lowest BCUT2D eigenvalue weighted by molar-refractivity contribution is -0.184. The van der Waals surface area contributed by atoms with E-state index in [-0.39, 0.29) is 24.5 Å². The van der Waals surface area contributed by atoms with E-state index in [0.29, 0.717) is 11.6 Å². The van der Waals surface area contributed by atoms with Crippen LogP contribution in [-0.4, -0.2) is 34.0 Å². The van der Waals surface area contributed by atoms with Crippen LogP contribution >= 0.6 is 11.3 Å².